The van der Waals surface area contributed by atoms with Gasteiger partial charge in [-0.1, -0.05) is 23.7 Å². The summed E-state index contributed by atoms with van der Waals surface area (Å²) in [6, 6.07) is 14.7. The van der Waals surface area contributed by atoms with Gasteiger partial charge < -0.3 is 5.32 Å². The number of hydrogen-bond acceptors (Lipinski definition) is 4. The molecule has 0 atom stereocenters. The Morgan fingerprint density at radius 1 is 1.07 bits per heavy atom. The van der Waals surface area contributed by atoms with Crippen molar-refractivity contribution in [3.63, 3.8) is 0 Å². The Morgan fingerprint density at radius 2 is 1.93 bits per heavy atom. The number of benzene rings is 3. The van der Waals surface area contributed by atoms with Crippen LogP contribution in [0.25, 0.3) is 16.5 Å². The number of nitrogens with zero attached hydrogens (tertiary/aromatic N) is 2. The van der Waals surface area contributed by atoms with Gasteiger partial charge in [-0.2, -0.15) is 5.10 Å². The Hall–Kier alpha value is -3.36. The normalized spacial score (nSPS) is 12.9. The van der Waals surface area contributed by atoms with Gasteiger partial charge in [0.05, 0.1) is 16.3 Å². The number of anilines is 2. The number of carbonyl (C=O) groups excluding carboxylic acids is 1. The van der Waals surface area contributed by atoms with Crippen molar-refractivity contribution in [3.05, 3.63) is 77.6 Å². The van der Waals surface area contributed by atoms with E-state index in [1.807, 2.05) is 0 Å². The van der Waals surface area contributed by atoms with Crippen LogP contribution in [0.5, 0.6) is 0 Å². The van der Waals surface area contributed by atoms with Gasteiger partial charge in [0.25, 0.3) is 15.9 Å². The van der Waals surface area contributed by atoms with E-state index in [9.17, 15) is 13.2 Å². The largest absolute Gasteiger partial charge is 0.321 e. The molecular weight excluding hydrogens is 412 g/mol. The topological polar surface area (TPSA) is 93.1 Å². The Bertz CT molecular complexity index is 1400. The lowest BCUT2D eigenvalue weighted by Crippen LogP contribution is -2.15. The molecule has 144 valence electrons. The van der Waals surface area contributed by atoms with Gasteiger partial charge in [0.1, 0.15) is 0 Å². The maximum atomic E-state index is 13.3. The first-order valence-corrected chi connectivity index (χ1v) is 10.5. The van der Waals surface area contributed by atoms with E-state index in [1.54, 1.807) is 59.5 Å². The molecule has 5 rings (SSSR count). The van der Waals surface area contributed by atoms with Crippen molar-refractivity contribution in [2.24, 2.45) is 0 Å². The zero-order chi connectivity index (χ0) is 20.2. The summed E-state index contributed by atoms with van der Waals surface area (Å²) >= 11 is 6.10. The molecule has 2 N–H and O–H groups in total. The van der Waals surface area contributed by atoms with Crippen molar-refractivity contribution >= 4 is 49.7 Å². The van der Waals surface area contributed by atoms with Gasteiger partial charge in [0.15, 0.2) is 0 Å². The van der Waals surface area contributed by atoms with Crippen molar-refractivity contribution < 1.29 is 13.2 Å². The molecule has 0 bridgehead atoms. The van der Waals surface area contributed by atoms with Gasteiger partial charge in [-0.25, -0.2) is 13.1 Å². The van der Waals surface area contributed by atoms with Crippen molar-refractivity contribution in [3.8, 4) is 5.69 Å². The average molecular weight is 425 g/mol. The summed E-state index contributed by atoms with van der Waals surface area (Å²) in [5, 5.41) is 8.36. The first-order chi connectivity index (χ1) is 13.9. The molecule has 1 aliphatic rings. The summed E-state index contributed by atoms with van der Waals surface area (Å²) in [6.07, 6.45) is 3.30. The van der Waals surface area contributed by atoms with Crippen molar-refractivity contribution in [1.29, 1.82) is 0 Å². The minimum absolute atomic E-state index is 0.0704. The highest BCUT2D eigenvalue weighted by Gasteiger charge is 2.26. The molecular formula is C20H13ClN4O3S. The number of aromatic nitrogens is 2. The summed E-state index contributed by atoms with van der Waals surface area (Å²) in [5.74, 6) is -0.246. The van der Waals surface area contributed by atoms with E-state index in [2.05, 4.69) is 15.1 Å². The molecule has 9 heteroatoms. The number of rotatable bonds is 4. The zero-order valence-electron chi connectivity index (χ0n) is 14.8. The number of amides is 1. The van der Waals surface area contributed by atoms with Gasteiger partial charge in [0.2, 0.25) is 0 Å². The lowest BCUT2D eigenvalue weighted by Gasteiger charge is -2.15. The Balaban J connectivity index is 1.66. The molecule has 0 spiro atoms. The Morgan fingerprint density at radius 3 is 2.72 bits per heavy atom. The van der Waals surface area contributed by atoms with E-state index in [-0.39, 0.29) is 10.8 Å². The SMILES string of the molecule is O=C1Nc2ccc(S(=O)(=O)Nc3cc(Cl)ccc3-n3cccn3)c3cccc1c23. The molecule has 0 radical (unpaired) electrons. The fourth-order valence-corrected chi connectivity index (χ4v) is 4.94. The highest BCUT2D eigenvalue weighted by atomic mass is 35.5. The zero-order valence-corrected chi connectivity index (χ0v) is 16.3. The number of carbonyl (C=O) groups is 1. The van der Waals surface area contributed by atoms with Crippen LogP contribution in [0.1, 0.15) is 10.4 Å². The summed E-state index contributed by atoms with van der Waals surface area (Å²) in [6.45, 7) is 0. The van der Waals surface area contributed by atoms with Crippen LogP contribution >= 0.6 is 11.6 Å². The highest BCUT2D eigenvalue weighted by Crippen LogP contribution is 2.37. The second-order valence-electron chi connectivity index (χ2n) is 6.51. The van der Waals surface area contributed by atoms with Gasteiger partial charge in [-0.3, -0.25) is 9.52 Å². The number of halogens is 1. The number of nitrogens with one attached hydrogen (secondary N) is 2. The van der Waals surface area contributed by atoms with E-state index in [0.717, 1.165) is 0 Å². The van der Waals surface area contributed by atoms with Crippen LogP contribution in [0.3, 0.4) is 0 Å². The fourth-order valence-electron chi connectivity index (χ4n) is 3.50. The second kappa shape index (κ2) is 6.33. The molecule has 3 aromatic carbocycles. The van der Waals surface area contributed by atoms with Crippen LogP contribution < -0.4 is 10.0 Å². The Kier molecular flexibility index (Phi) is 3.87. The summed E-state index contributed by atoms with van der Waals surface area (Å²) in [5.41, 5.74) is 1.87. The minimum Gasteiger partial charge on any atom is -0.321 e. The van der Waals surface area contributed by atoms with Crippen LogP contribution in [0.4, 0.5) is 11.4 Å². The molecule has 1 aromatic heterocycles. The smallest absolute Gasteiger partial charge is 0.262 e. The molecule has 29 heavy (non-hydrogen) atoms. The predicted molar refractivity (Wildman–Crippen MR) is 111 cm³/mol. The molecule has 0 saturated carbocycles. The maximum Gasteiger partial charge on any atom is 0.262 e. The van der Waals surface area contributed by atoms with E-state index in [4.69, 9.17) is 11.6 Å². The molecule has 1 amide bonds. The first-order valence-electron chi connectivity index (χ1n) is 8.63. The summed E-state index contributed by atoms with van der Waals surface area (Å²) in [4.78, 5) is 12.2. The van der Waals surface area contributed by atoms with Crippen LogP contribution in [-0.2, 0) is 10.0 Å². The molecule has 2 heterocycles. The summed E-state index contributed by atoms with van der Waals surface area (Å²) < 4.78 is 30.7. The first kappa shape index (κ1) is 17.7. The maximum absolute atomic E-state index is 13.3. The van der Waals surface area contributed by atoms with Crippen molar-refractivity contribution in [1.82, 2.24) is 9.78 Å². The predicted octanol–water partition coefficient (Wildman–Crippen LogP) is 4.05. The molecule has 1 aliphatic heterocycles. The molecule has 0 aliphatic carbocycles. The molecule has 7 nitrogen and oxygen atoms in total. The van der Waals surface area contributed by atoms with Crippen LogP contribution in [0.15, 0.2) is 71.9 Å². The molecule has 0 saturated heterocycles. The third-order valence-corrected chi connectivity index (χ3v) is 6.40. The highest BCUT2D eigenvalue weighted by molar-refractivity contribution is 7.93. The van der Waals surface area contributed by atoms with Crippen molar-refractivity contribution in [2.75, 3.05) is 10.0 Å². The fraction of sp³-hybridized carbons (Fsp3) is 0. The van der Waals surface area contributed by atoms with E-state index < -0.39 is 10.0 Å². The van der Waals surface area contributed by atoms with Crippen LogP contribution in [0, 0.1) is 0 Å². The summed E-state index contributed by atoms with van der Waals surface area (Å²) in [7, 11) is -3.98. The lowest BCUT2D eigenvalue weighted by molar-refractivity contribution is 0.103. The standard InChI is InChI=1S/C20H13ClN4O3S/c21-12-5-7-17(25-10-2-9-22-25)16(11-12)24-29(27,28)18-8-6-15-19-13(18)3-1-4-14(19)20(26)23-15/h1-11,24H,(H,23,26). The molecule has 0 unspecified atom stereocenters. The number of sulfonamides is 1. The van der Waals surface area contributed by atoms with Crippen molar-refractivity contribution in [2.45, 2.75) is 4.90 Å². The van der Waals surface area contributed by atoms with Gasteiger partial charge in [-0.15, -0.1) is 0 Å². The van der Waals surface area contributed by atoms with Crippen LogP contribution in [-0.4, -0.2) is 24.1 Å². The van der Waals surface area contributed by atoms with Gasteiger partial charge >= 0.3 is 0 Å². The lowest BCUT2D eigenvalue weighted by atomic mass is 10.1. The third kappa shape index (κ3) is 2.84. The minimum atomic E-state index is -3.98. The average Bonchev–Trinajstić information content (AvgIpc) is 3.32. The molecule has 0 fully saturated rings. The third-order valence-electron chi connectivity index (χ3n) is 4.74. The van der Waals surface area contributed by atoms with Crippen LogP contribution in [0.2, 0.25) is 5.02 Å². The van der Waals surface area contributed by atoms with E-state index in [1.165, 1.54) is 12.1 Å². The second-order valence-corrected chi connectivity index (χ2v) is 8.60. The quantitative estimate of drug-likeness (QED) is 0.517. The van der Waals surface area contributed by atoms with Gasteiger partial charge in [0, 0.05) is 39.4 Å². The molecule has 4 aromatic rings. The van der Waals surface area contributed by atoms with E-state index >= 15 is 0 Å². The number of hydrogen-bond donors (Lipinski definition) is 2. The Labute approximate surface area is 171 Å². The van der Waals surface area contributed by atoms with E-state index in [0.29, 0.717) is 38.4 Å². The van der Waals surface area contributed by atoms with Gasteiger partial charge in [-0.05, 0) is 42.5 Å². The monoisotopic (exact) mass is 424 g/mol.